The van der Waals surface area contributed by atoms with E-state index in [2.05, 4.69) is 0 Å². The Balaban J connectivity index is 4.30. The van der Waals surface area contributed by atoms with Crippen LogP contribution in [0.4, 0.5) is 0 Å². The molecule has 0 aromatic carbocycles. The van der Waals surface area contributed by atoms with Crippen molar-refractivity contribution in [2.75, 3.05) is 25.9 Å². The highest BCUT2D eigenvalue weighted by molar-refractivity contribution is 7.92. The molecule has 0 heterocycles. The quantitative estimate of drug-likeness (QED) is 0.728. The molecule has 0 aromatic heterocycles. The molecule has 0 rings (SSSR count). The molecule has 0 aromatic rings. The predicted molar refractivity (Wildman–Crippen MR) is 64.7 cm³/mol. The Morgan fingerprint density at radius 3 is 2.13 bits per heavy atom. The molecule has 0 fully saturated rings. The molecule has 0 saturated carbocycles. The van der Waals surface area contributed by atoms with E-state index in [1.165, 1.54) is 0 Å². The Hall–Kier alpha value is -0.130. The minimum absolute atomic E-state index is 0.146. The van der Waals surface area contributed by atoms with E-state index in [-0.39, 0.29) is 16.5 Å². The molecular weight excluding hydrogens is 212 g/mol. The molecule has 0 amide bonds. The first-order valence-corrected chi connectivity index (χ1v) is 6.98. The summed E-state index contributed by atoms with van der Waals surface area (Å²) in [4.78, 5) is 1.99. The second kappa shape index (κ2) is 5.27. The van der Waals surface area contributed by atoms with Crippen LogP contribution in [-0.4, -0.2) is 50.0 Å². The second-order valence-corrected chi connectivity index (χ2v) is 7.53. The van der Waals surface area contributed by atoms with Crippen LogP contribution in [0, 0.1) is 0 Å². The monoisotopic (exact) mass is 236 g/mol. The maximum atomic E-state index is 11.6. The standard InChI is InChI=1S/C10H24N2O2S/c1-9(2)15(13,14)7-6-12(5)10(3,4)8-11/h9H,6-8,11H2,1-5H3. The van der Waals surface area contributed by atoms with Crippen molar-refractivity contribution < 1.29 is 8.42 Å². The summed E-state index contributed by atoms with van der Waals surface area (Å²) >= 11 is 0. The van der Waals surface area contributed by atoms with Gasteiger partial charge in [0.15, 0.2) is 9.84 Å². The van der Waals surface area contributed by atoms with E-state index in [0.29, 0.717) is 13.1 Å². The zero-order valence-electron chi connectivity index (χ0n) is 10.4. The van der Waals surface area contributed by atoms with Gasteiger partial charge in [0.05, 0.1) is 11.0 Å². The van der Waals surface area contributed by atoms with Gasteiger partial charge in [0.2, 0.25) is 0 Å². The highest BCUT2D eigenvalue weighted by Crippen LogP contribution is 2.10. The van der Waals surface area contributed by atoms with Crippen LogP contribution in [0.25, 0.3) is 0 Å². The van der Waals surface area contributed by atoms with Gasteiger partial charge in [-0.25, -0.2) is 8.42 Å². The first-order chi connectivity index (χ1) is 6.63. The summed E-state index contributed by atoms with van der Waals surface area (Å²) in [5.41, 5.74) is 5.47. The molecule has 4 nitrogen and oxygen atoms in total. The molecule has 2 N–H and O–H groups in total. The maximum absolute atomic E-state index is 11.6. The molecule has 92 valence electrons. The predicted octanol–water partition coefficient (Wildman–Crippen LogP) is 0.479. The number of hydrogen-bond donors (Lipinski definition) is 1. The molecule has 0 spiro atoms. The van der Waals surface area contributed by atoms with E-state index in [0.717, 1.165) is 0 Å². The van der Waals surface area contributed by atoms with Crippen LogP contribution in [0.2, 0.25) is 0 Å². The van der Waals surface area contributed by atoms with Gasteiger partial charge in [-0.2, -0.15) is 0 Å². The lowest BCUT2D eigenvalue weighted by Crippen LogP contribution is -2.48. The summed E-state index contributed by atoms with van der Waals surface area (Å²) in [5.74, 6) is 0.199. The second-order valence-electron chi connectivity index (χ2n) is 4.85. The van der Waals surface area contributed by atoms with Crippen molar-refractivity contribution in [3.05, 3.63) is 0 Å². The largest absolute Gasteiger partial charge is 0.329 e. The van der Waals surface area contributed by atoms with Gasteiger partial charge in [0.25, 0.3) is 0 Å². The molecule has 0 atom stereocenters. The van der Waals surface area contributed by atoms with Gasteiger partial charge in [-0.1, -0.05) is 0 Å². The molecule has 0 aliphatic carbocycles. The fourth-order valence-corrected chi connectivity index (χ4v) is 1.96. The van der Waals surface area contributed by atoms with Crippen LogP contribution in [-0.2, 0) is 9.84 Å². The smallest absolute Gasteiger partial charge is 0.153 e. The topological polar surface area (TPSA) is 63.4 Å². The lowest BCUT2D eigenvalue weighted by molar-refractivity contribution is 0.174. The Kier molecular flexibility index (Phi) is 5.23. The van der Waals surface area contributed by atoms with E-state index in [9.17, 15) is 8.42 Å². The lowest BCUT2D eigenvalue weighted by atomic mass is 10.0. The number of nitrogens with two attached hydrogens (primary N) is 1. The average molecular weight is 236 g/mol. The molecular formula is C10H24N2O2S. The highest BCUT2D eigenvalue weighted by atomic mass is 32.2. The Morgan fingerprint density at radius 1 is 1.33 bits per heavy atom. The van der Waals surface area contributed by atoms with Gasteiger partial charge < -0.3 is 5.73 Å². The van der Waals surface area contributed by atoms with E-state index >= 15 is 0 Å². The number of nitrogens with zero attached hydrogens (tertiary/aromatic N) is 1. The van der Waals surface area contributed by atoms with Crippen molar-refractivity contribution in [2.24, 2.45) is 5.73 Å². The summed E-state index contributed by atoms with van der Waals surface area (Å²) < 4.78 is 23.2. The Labute approximate surface area is 93.7 Å². The average Bonchev–Trinajstić information content (AvgIpc) is 2.13. The highest BCUT2D eigenvalue weighted by Gasteiger charge is 2.24. The minimum Gasteiger partial charge on any atom is -0.329 e. The van der Waals surface area contributed by atoms with Crippen molar-refractivity contribution in [1.29, 1.82) is 0 Å². The van der Waals surface area contributed by atoms with Gasteiger partial charge in [0.1, 0.15) is 0 Å². The lowest BCUT2D eigenvalue weighted by Gasteiger charge is -2.34. The van der Waals surface area contributed by atoms with Crippen LogP contribution in [0.3, 0.4) is 0 Å². The van der Waals surface area contributed by atoms with Crippen LogP contribution in [0.15, 0.2) is 0 Å². The van der Waals surface area contributed by atoms with Crippen molar-refractivity contribution >= 4 is 9.84 Å². The fourth-order valence-electron chi connectivity index (χ4n) is 0.958. The molecule has 0 aliphatic heterocycles. The summed E-state index contributed by atoms with van der Waals surface area (Å²) in [6.45, 7) is 8.49. The third-order valence-corrected chi connectivity index (χ3v) is 5.15. The van der Waals surface area contributed by atoms with E-state index in [1.54, 1.807) is 13.8 Å². The van der Waals surface area contributed by atoms with Crippen molar-refractivity contribution in [2.45, 2.75) is 38.5 Å². The number of rotatable bonds is 6. The van der Waals surface area contributed by atoms with Crippen molar-refractivity contribution in [3.8, 4) is 0 Å². The number of sulfone groups is 1. The van der Waals surface area contributed by atoms with Gasteiger partial charge in [-0.05, 0) is 34.7 Å². The number of hydrogen-bond acceptors (Lipinski definition) is 4. The van der Waals surface area contributed by atoms with Crippen molar-refractivity contribution in [3.63, 3.8) is 0 Å². The molecule has 0 bridgehead atoms. The minimum atomic E-state index is -2.94. The van der Waals surface area contributed by atoms with Gasteiger partial charge in [0, 0.05) is 18.6 Å². The third kappa shape index (κ3) is 4.49. The fraction of sp³-hybridized carbons (Fsp3) is 1.00. The summed E-state index contributed by atoms with van der Waals surface area (Å²) in [7, 11) is -1.04. The van der Waals surface area contributed by atoms with Crippen LogP contribution < -0.4 is 5.73 Å². The van der Waals surface area contributed by atoms with Crippen LogP contribution in [0.5, 0.6) is 0 Å². The molecule has 0 saturated heterocycles. The Morgan fingerprint density at radius 2 is 1.80 bits per heavy atom. The van der Waals surface area contributed by atoms with E-state index in [1.807, 2.05) is 25.8 Å². The summed E-state index contributed by atoms with van der Waals surface area (Å²) in [5, 5.41) is -0.299. The zero-order chi connectivity index (χ0) is 12.3. The molecule has 5 heteroatoms. The van der Waals surface area contributed by atoms with Crippen LogP contribution in [0.1, 0.15) is 27.7 Å². The SMILES string of the molecule is CC(C)S(=O)(=O)CCN(C)C(C)(C)CN. The van der Waals surface area contributed by atoms with E-state index in [4.69, 9.17) is 5.73 Å². The number of likely N-dealkylation sites (N-methyl/N-ethyl adjacent to an activating group) is 1. The van der Waals surface area contributed by atoms with Crippen molar-refractivity contribution in [1.82, 2.24) is 4.90 Å². The molecule has 0 radical (unpaired) electrons. The zero-order valence-corrected chi connectivity index (χ0v) is 11.3. The van der Waals surface area contributed by atoms with Gasteiger partial charge in [-0.15, -0.1) is 0 Å². The first kappa shape index (κ1) is 14.9. The summed E-state index contributed by atoms with van der Waals surface area (Å²) in [6.07, 6.45) is 0. The molecule has 0 aliphatic rings. The molecule has 15 heavy (non-hydrogen) atoms. The van der Waals surface area contributed by atoms with Crippen LogP contribution >= 0.6 is 0 Å². The first-order valence-electron chi connectivity index (χ1n) is 5.26. The normalized spacial score (nSPS) is 13.9. The van der Waals surface area contributed by atoms with E-state index < -0.39 is 9.84 Å². The third-order valence-electron chi connectivity index (χ3n) is 2.96. The Bertz CT molecular complexity index is 284. The maximum Gasteiger partial charge on any atom is 0.153 e. The molecule has 0 unspecified atom stereocenters. The van der Waals surface area contributed by atoms with Gasteiger partial charge in [-0.3, -0.25) is 4.90 Å². The van der Waals surface area contributed by atoms with Gasteiger partial charge >= 0.3 is 0 Å². The summed E-state index contributed by atoms with van der Waals surface area (Å²) in [6, 6.07) is 0.